The van der Waals surface area contributed by atoms with Crippen LogP contribution in [0.4, 0.5) is 0 Å². The van der Waals surface area contributed by atoms with E-state index in [2.05, 4.69) is 314 Å². The molecule has 11 aromatic carbocycles. The molecule has 434 valence electrons. The van der Waals surface area contributed by atoms with Crippen molar-refractivity contribution in [2.24, 2.45) is 0 Å². The van der Waals surface area contributed by atoms with Gasteiger partial charge in [0, 0.05) is 10.8 Å². The summed E-state index contributed by atoms with van der Waals surface area (Å²) in [5.41, 5.74) is 31.8. The van der Waals surface area contributed by atoms with Crippen LogP contribution >= 0.6 is 0 Å². The molecular weight excluding hydrogens is 1060 g/mol. The molecular formula is C86H78O2. The molecule has 2 heteroatoms. The van der Waals surface area contributed by atoms with Crippen LogP contribution < -0.4 is 9.47 Å². The molecule has 0 amide bonds. The Balaban J connectivity index is 1.06. The molecule has 0 N–H and O–H groups in total. The quantitative estimate of drug-likeness (QED) is 0.172. The van der Waals surface area contributed by atoms with Crippen molar-refractivity contribution in [3.8, 4) is 101 Å². The van der Waals surface area contributed by atoms with Crippen molar-refractivity contribution in [1.82, 2.24) is 0 Å². The van der Waals surface area contributed by atoms with Crippen molar-refractivity contribution in [1.29, 1.82) is 0 Å². The van der Waals surface area contributed by atoms with Crippen molar-refractivity contribution >= 4 is 0 Å². The smallest absolute Gasteiger partial charge is 0.231 e. The van der Waals surface area contributed by atoms with Gasteiger partial charge in [-0.05, 0) is 227 Å². The first-order chi connectivity index (χ1) is 42.0. The molecule has 16 rings (SSSR count). The minimum absolute atomic E-state index is 0.0230. The average molecular weight is 1140 g/mol. The summed E-state index contributed by atoms with van der Waals surface area (Å²) in [7, 11) is 0. The van der Waals surface area contributed by atoms with E-state index in [1.807, 2.05) is 0 Å². The van der Waals surface area contributed by atoms with E-state index in [4.69, 9.17) is 9.47 Å². The van der Waals surface area contributed by atoms with Crippen LogP contribution in [0, 0.1) is 0 Å². The maximum Gasteiger partial charge on any atom is 0.231 e. The van der Waals surface area contributed by atoms with Gasteiger partial charge in [-0.15, -0.1) is 0 Å². The normalized spacial score (nSPS) is 16.4. The lowest BCUT2D eigenvalue weighted by atomic mass is 9.66. The van der Waals surface area contributed by atoms with E-state index < -0.39 is 5.41 Å². The van der Waals surface area contributed by atoms with Crippen LogP contribution in [0.5, 0.6) is 11.5 Å². The van der Waals surface area contributed by atoms with Crippen LogP contribution in [0.2, 0.25) is 0 Å². The van der Waals surface area contributed by atoms with E-state index in [9.17, 15) is 0 Å². The Kier molecular flexibility index (Phi) is 12.3. The third kappa shape index (κ3) is 8.71. The van der Waals surface area contributed by atoms with Gasteiger partial charge >= 0.3 is 0 Å². The third-order valence-corrected chi connectivity index (χ3v) is 20.4. The number of fused-ring (bicyclic) bond motifs is 10. The highest BCUT2D eigenvalue weighted by molar-refractivity contribution is 6.01. The highest BCUT2D eigenvalue weighted by atomic mass is 16.7. The zero-order chi connectivity index (χ0) is 61.0. The molecule has 88 heavy (non-hydrogen) atoms. The van der Waals surface area contributed by atoms with Gasteiger partial charge in [0.2, 0.25) is 6.79 Å². The fraction of sp³-hybridized carbons (Fsp3) is 0.233. The molecule has 1 aliphatic heterocycles. The summed E-state index contributed by atoms with van der Waals surface area (Å²) in [6.45, 7) is 30.6. The van der Waals surface area contributed by atoms with Crippen LogP contribution in [0.25, 0.3) is 89.0 Å². The summed E-state index contributed by atoms with van der Waals surface area (Å²) in [6.07, 6.45) is 0. The van der Waals surface area contributed by atoms with Crippen molar-refractivity contribution in [2.75, 3.05) is 6.79 Å². The molecule has 0 fully saturated rings. The molecule has 0 saturated carbocycles. The topological polar surface area (TPSA) is 18.5 Å². The summed E-state index contributed by atoms with van der Waals surface area (Å²) in [6, 6.07) is 87.6. The highest BCUT2D eigenvalue weighted by Gasteiger charge is 2.51. The Morgan fingerprint density at radius 2 is 0.727 bits per heavy atom. The van der Waals surface area contributed by atoms with E-state index in [1.54, 1.807) is 0 Å². The van der Waals surface area contributed by atoms with Gasteiger partial charge in [0.1, 0.15) is 0 Å². The molecule has 1 unspecified atom stereocenters. The number of rotatable bonds is 2. The first-order valence-electron chi connectivity index (χ1n) is 31.7. The fourth-order valence-corrected chi connectivity index (χ4v) is 15.2. The molecule has 0 saturated heterocycles. The molecule has 4 aliphatic carbocycles. The third-order valence-electron chi connectivity index (χ3n) is 20.4. The molecule has 0 radical (unpaired) electrons. The second kappa shape index (κ2) is 19.5. The zero-order valence-electron chi connectivity index (χ0n) is 53.4. The first-order valence-corrected chi connectivity index (χ1v) is 31.7. The van der Waals surface area contributed by atoms with Gasteiger partial charge in [-0.2, -0.15) is 0 Å². The molecule has 1 spiro atoms. The standard InChI is InChI=1S/C86H78O2/c1-81(2,3)63-30-24-52(25-31-63)57-40-58-42-60(41-57)55-18-16-20-67(46-55)86(74-39-38-73-79(70-22-14-15-23-72(70)85(73,12)13)80(74)71-49-77-78(50-76(71)86)88-51-87-77)68-21-17-19-56(47-68)61-43-59(53-26-32-64(33-27-53)82(4,5)6)44-62(45-61)69-37-36-66(83(7,8)9)48-75(69)84(10,11)65-34-28-54(58)29-35-65/h14-50H,51H2,1-13H3. The van der Waals surface area contributed by atoms with Gasteiger partial charge in [-0.1, -0.05) is 254 Å². The Bertz CT molecular complexity index is 4660. The molecule has 1 heterocycles. The van der Waals surface area contributed by atoms with Crippen molar-refractivity contribution in [3.05, 3.63) is 286 Å². The summed E-state index contributed by atoms with van der Waals surface area (Å²) < 4.78 is 12.8. The number of benzene rings is 11. The first kappa shape index (κ1) is 55.6. The molecule has 11 aromatic rings. The van der Waals surface area contributed by atoms with E-state index in [0.29, 0.717) is 0 Å². The number of hydrogen-bond acceptors (Lipinski definition) is 2. The number of ether oxygens (including phenoxy) is 2. The van der Waals surface area contributed by atoms with Gasteiger partial charge in [0.25, 0.3) is 0 Å². The van der Waals surface area contributed by atoms with E-state index in [1.165, 1.54) is 128 Å². The molecule has 0 aromatic heterocycles. The molecule has 10 bridgehead atoms. The Labute approximate surface area is 522 Å². The second-order valence-electron chi connectivity index (χ2n) is 29.7. The maximum atomic E-state index is 6.46. The average Bonchev–Trinajstić information content (AvgIpc) is 1.51. The molecule has 2 nitrogen and oxygen atoms in total. The largest absolute Gasteiger partial charge is 0.454 e. The molecule has 5 aliphatic rings. The summed E-state index contributed by atoms with van der Waals surface area (Å²) >= 11 is 0. The van der Waals surface area contributed by atoms with Gasteiger partial charge in [-0.3, -0.25) is 0 Å². The van der Waals surface area contributed by atoms with E-state index >= 15 is 0 Å². The van der Waals surface area contributed by atoms with Gasteiger partial charge in [-0.25, -0.2) is 0 Å². The zero-order valence-corrected chi connectivity index (χ0v) is 53.4. The predicted octanol–water partition coefficient (Wildman–Crippen LogP) is 22.6. The highest BCUT2D eigenvalue weighted by Crippen LogP contribution is 2.64. The Morgan fingerprint density at radius 1 is 0.273 bits per heavy atom. The summed E-state index contributed by atoms with van der Waals surface area (Å²) in [5.74, 6) is 1.55. The summed E-state index contributed by atoms with van der Waals surface area (Å²) in [5, 5.41) is 0. The predicted molar refractivity (Wildman–Crippen MR) is 368 cm³/mol. The second-order valence-corrected chi connectivity index (χ2v) is 29.7. The van der Waals surface area contributed by atoms with Crippen molar-refractivity contribution in [2.45, 2.75) is 122 Å². The van der Waals surface area contributed by atoms with Crippen LogP contribution in [-0.2, 0) is 32.5 Å². The fourth-order valence-electron chi connectivity index (χ4n) is 15.2. The minimum Gasteiger partial charge on any atom is -0.454 e. The van der Waals surface area contributed by atoms with Crippen LogP contribution in [0.15, 0.2) is 224 Å². The van der Waals surface area contributed by atoms with Crippen LogP contribution in [-0.4, -0.2) is 6.79 Å². The van der Waals surface area contributed by atoms with Crippen LogP contribution in [0.3, 0.4) is 0 Å². The molecule has 1 atom stereocenters. The van der Waals surface area contributed by atoms with E-state index in [-0.39, 0.29) is 33.9 Å². The van der Waals surface area contributed by atoms with E-state index in [0.717, 1.165) is 33.8 Å². The SMILES string of the molecule is CC(C)(C)c1ccc(-c2cc3cc(c2)-c2cccc(c2)C2(c4cccc(c4)-c4cc(-c5ccc(C(C)(C)C)cc5)cc(c4)-c4ccc(C(C)(C)C)cc4C(C)(C)c4ccc-3cc4)c3cc4c(cc3-c3c2ccc2c3-c3ccccc3C2(C)C)OCO4)cc1. The lowest BCUT2D eigenvalue weighted by molar-refractivity contribution is 0.174. The summed E-state index contributed by atoms with van der Waals surface area (Å²) in [4.78, 5) is 0. The van der Waals surface area contributed by atoms with Crippen molar-refractivity contribution < 1.29 is 9.47 Å². The Hall–Kier alpha value is -8.98. The lowest BCUT2D eigenvalue weighted by Gasteiger charge is -2.35. The lowest BCUT2D eigenvalue weighted by Crippen LogP contribution is -2.29. The Morgan fingerprint density at radius 3 is 1.26 bits per heavy atom. The monoisotopic (exact) mass is 1140 g/mol. The van der Waals surface area contributed by atoms with Gasteiger partial charge < -0.3 is 9.47 Å². The minimum atomic E-state index is -0.822. The number of hydrogen-bond donors (Lipinski definition) is 0. The maximum absolute atomic E-state index is 6.46. The van der Waals surface area contributed by atoms with Crippen LogP contribution in [0.1, 0.15) is 151 Å². The van der Waals surface area contributed by atoms with Gasteiger partial charge in [0.15, 0.2) is 11.5 Å². The van der Waals surface area contributed by atoms with Gasteiger partial charge in [0.05, 0.1) is 5.41 Å². The van der Waals surface area contributed by atoms with Crippen molar-refractivity contribution in [3.63, 3.8) is 0 Å².